The van der Waals surface area contributed by atoms with Crippen LogP contribution >= 0.6 is 15.9 Å². The fourth-order valence-corrected chi connectivity index (χ4v) is 3.91. The highest BCUT2D eigenvalue weighted by Crippen LogP contribution is 2.38. The first-order chi connectivity index (χ1) is 15.2. The molecule has 0 atom stereocenters. The molecule has 0 amide bonds. The Morgan fingerprint density at radius 2 is 0.839 bits per heavy atom. The quantitative estimate of drug-likeness (QED) is 0.272. The highest BCUT2D eigenvalue weighted by Gasteiger charge is 2.16. The number of methoxy groups -OCH3 is 2. The van der Waals surface area contributed by atoms with E-state index in [1.165, 1.54) is 5.57 Å². The zero-order valence-corrected chi connectivity index (χ0v) is 19.1. The maximum atomic E-state index is 5.39. The maximum absolute atomic E-state index is 5.39. The molecule has 154 valence electrons. The van der Waals surface area contributed by atoms with Crippen LogP contribution in [0.2, 0.25) is 0 Å². The van der Waals surface area contributed by atoms with E-state index in [-0.39, 0.29) is 0 Å². The van der Waals surface area contributed by atoms with Gasteiger partial charge in [-0.15, -0.1) is 0 Å². The largest absolute Gasteiger partial charge is 0.497 e. The fourth-order valence-electron chi connectivity index (χ4n) is 3.65. The van der Waals surface area contributed by atoms with Crippen LogP contribution in [0.4, 0.5) is 0 Å². The van der Waals surface area contributed by atoms with Crippen LogP contribution in [0.25, 0.3) is 11.1 Å². The molecule has 0 N–H and O–H groups in total. The summed E-state index contributed by atoms with van der Waals surface area (Å²) in [5.41, 5.74) is 6.87. The Balaban J connectivity index is 2.04. The second kappa shape index (κ2) is 9.67. The number of benzene rings is 4. The molecule has 4 aromatic rings. The molecule has 0 aliphatic heterocycles. The third-order valence-corrected chi connectivity index (χ3v) is 5.73. The van der Waals surface area contributed by atoms with Crippen LogP contribution in [-0.2, 0) is 0 Å². The van der Waals surface area contributed by atoms with Gasteiger partial charge in [0.25, 0.3) is 0 Å². The van der Waals surface area contributed by atoms with Gasteiger partial charge in [-0.05, 0) is 69.8 Å². The summed E-state index contributed by atoms with van der Waals surface area (Å²) in [6, 6.07) is 35.4. The lowest BCUT2D eigenvalue weighted by Crippen LogP contribution is -1.98. The summed E-state index contributed by atoms with van der Waals surface area (Å²) >= 11 is 3.57. The van der Waals surface area contributed by atoms with Gasteiger partial charge in [0.2, 0.25) is 0 Å². The zero-order chi connectivity index (χ0) is 21.6. The van der Waals surface area contributed by atoms with Gasteiger partial charge in [-0.1, -0.05) is 82.7 Å². The molecule has 0 aliphatic carbocycles. The minimum absolute atomic E-state index is 0.836. The third kappa shape index (κ3) is 4.73. The van der Waals surface area contributed by atoms with Crippen LogP contribution in [0.1, 0.15) is 22.3 Å². The number of rotatable bonds is 6. The predicted octanol–water partition coefficient (Wildman–Crippen LogP) is 7.47. The van der Waals surface area contributed by atoms with Crippen molar-refractivity contribution >= 4 is 27.1 Å². The average molecular weight is 471 g/mol. The summed E-state index contributed by atoms with van der Waals surface area (Å²) in [7, 11) is 3.37. The lowest BCUT2D eigenvalue weighted by molar-refractivity contribution is 0.414. The molecule has 0 saturated carbocycles. The summed E-state index contributed by atoms with van der Waals surface area (Å²) < 4.78 is 11.8. The van der Waals surface area contributed by atoms with Crippen LogP contribution in [0, 0.1) is 0 Å². The molecule has 4 aromatic carbocycles. The second-order valence-corrected chi connectivity index (χ2v) is 8.00. The van der Waals surface area contributed by atoms with Gasteiger partial charge in [-0.2, -0.15) is 0 Å². The molecule has 4 rings (SSSR count). The molecule has 0 fully saturated rings. The third-order valence-electron chi connectivity index (χ3n) is 5.20. The van der Waals surface area contributed by atoms with Crippen LogP contribution < -0.4 is 9.47 Å². The summed E-state index contributed by atoms with van der Waals surface area (Å²) in [6.07, 6.45) is 0. The first kappa shape index (κ1) is 21.0. The molecule has 0 unspecified atom stereocenters. The van der Waals surface area contributed by atoms with Gasteiger partial charge in [0.05, 0.1) is 14.2 Å². The Kier molecular flexibility index (Phi) is 6.54. The number of ether oxygens (including phenoxy) is 2. The fraction of sp³-hybridized carbons (Fsp3) is 0.0714. The van der Waals surface area contributed by atoms with Gasteiger partial charge in [0, 0.05) is 4.47 Å². The van der Waals surface area contributed by atoms with Crippen LogP contribution in [0.15, 0.2) is 108 Å². The molecule has 0 aliphatic rings. The molecule has 0 aromatic heterocycles. The Hall–Kier alpha value is -3.30. The van der Waals surface area contributed by atoms with Crippen molar-refractivity contribution < 1.29 is 9.47 Å². The van der Waals surface area contributed by atoms with Crippen LogP contribution in [-0.4, -0.2) is 14.2 Å². The van der Waals surface area contributed by atoms with Gasteiger partial charge in [-0.3, -0.25) is 0 Å². The summed E-state index contributed by atoms with van der Waals surface area (Å²) in [5, 5.41) is 0. The van der Waals surface area contributed by atoms with Crippen molar-refractivity contribution in [2.75, 3.05) is 14.2 Å². The van der Waals surface area contributed by atoms with Gasteiger partial charge in [-0.25, -0.2) is 0 Å². The molecular formula is C28H23BrO2. The molecule has 0 saturated heterocycles. The minimum atomic E-state index is 0.836. The van der Waals surface area contributed by atoms with Crippen molar-refractivity contribution in [3.63, 3.8) is 0 Å². The Morgan fingerprint density at radius 3 is 1.23 bits per heavy atom. The van der Waals surface area contributed by atoms with Gasteiger partial charge in [0.15, 0.2) is 0 Å². The number of hydrogen-bond donors (Lipinski definition) is 0. The average Bonchev–Trinajstić information content (AvgIpc) is 2.84. The molecule has 0 heterocycles. The summed E-state index contributed by atoms with van der Waals surface area (Å²) in [6.45, 7) is 0. The first-order valence-corrected chi connectivity index (χ1v) is 10.8. The number of halogens is 1. The molecular weight excluding hydrogens is 448 g/mol. The van der Waals surface area contributed by atoms with Crippen molar-refractivity contribution in [1.29, 1.82) is 0 Å². The van der Waals surface area contributed by atoms with Gasteiger partial charge < -0.3 is 9.47 Å². The van der Waals surface area contributed by atoms with Gasteiger partial charge >= 0.3 is 0 Å². The van der Waals surface area contributed by atoms with E-state index in [4.69, 9.17) is 9.47 Å². The highest BCUT2D eigenvalue weighted by molar-refractivity contribution is 9.10. The van der Waals surface area contributed by atoms with Crippen molar-refractivity contribution in [3.8, 4) is 11.5 Å². The van der Waals surface area contributed by atoms with Crippen molar-refractivity contribution in [2.45, 2.75) is 0 Å². The molecule has 3 heteroatoms. The second-order valence-electron chi connectivity index (χ2n) is 7.08. The lowest BCUT2D eigenvalue weighted by atomic mass is 9.86. The highest BCUT2D eigenvalue weighted by atomic mass is 79.9. The standard InChI is InChI=1S/C28H23BrO2/c1-30-25-16-10-22(11-17-25)28(23-12-18-26(31-2)19-13-23)27(20-6-4-3-5-7-20)21-8-14-24(29)15-9-21/h3-19H,1-2H3. The smallest absolute Gasteiger partial charge is 0.118 e. The first-order valence-electron chi connectivity index (χ1n) is 10.0. The number of hydrogen-bond acceptors (Lipinski definition) is 2. The van der Waals surface area contributed by atoms with E-state index in [1.807, 2.05) is 30.3 Å². The predicted molar refractivity (Wildman–Crippen MR) is 132 cm³/mol. The van der Waals surface area contributed by atoms with Crippen LogP contribution in [0.5, 0.6) is 11.5 Å². The Labute approximate surface area is 191 Å². The summed E-state index contributed by atoms with van der Waals surface area (Å²) in [4.78, 5) is 0. The van der Waals surface area contributed by atoms with E-state index < -0.39 is 0 Å². The molecule has 31 heavy (non-hydrogen) atoms. The zero-order valence-electron chi connectivity index (χ0n) is 17.5. The summed E-state index contributed by atoms with van der Waals surface area (Å²) in [5.74, 6) is 1.67. The minimum Gasteiger partial charge on any atom is -0.497 e. The Morgan fingerprint density at radius 1 is 0.484 bits per heavy atom. The normalized spacial score (nSPS) is 10.4. The van der Waals surface area contributed by atoms with E-state index >= 15 is 0 Å². The van der Waals surface area contributed by atoms with E-state index in [1.54, 1.807) is 14.2 Å². The van der Waals surface area contributed by atoms with E-state index in [0.717, 1.165) is 43.8 Å². The monoisotopic (exact) mass is 470 g/mol. The van der Waals surface area contributed by atoms with E-state index in [2.05, 4.69) is 88.7 Å². The molecule has 0 radical (unpaired) electrons. The lowest BCUT2D eigenvalue weighted by Gasteiger charge is -2.18. The van der Waals surface area contributed by atoms with Gasteiger partial charge in [0.1, 0.15) is 11.5 Å². The van der Waals surface area contributed by atoms with Crippen molar-refractivity contribution in [1.82, 2.24) is 0 Å². The topological polar surface area (TPSA) is 18.5 Å². The Bertz CT molecular complexity index is 1110. The SMILES string of the molecule is COc1ccc(C(=C(c2ccccc2)c2ccc(Br)cc2)c2ccc(OC)cc2)cc1. The van der Waals surface area contributed by atoms with E-state index in [9.17, 15) is 0 Å². The molecule has 0 spiro atoms. The molecule has 0 bridgehead atoms. The van der Waals surface area contributed by atoms with E-state index in [0.29, 0.717) is 0 Å². The van der Waals surface area contributed by atoms with Crippen LogP contribution in [0.3, 0.4) is 0 Å². The molecule has 2 nitrogen and oxygen atoms in total. The van der Waals surface area contributed by atoms with Crippen molar-refractivity contribution in [2.24, 2.45) is 0 Å². The van der Waals surface area contributed by atoms with Crippen molar-refractivity contribution in [3.05, 3.63) is 130 Å². The maximum Gasteiger partial charge on any atom is 0.118 e.